The summed E-state index contributed by atoms with van der Waals surface area (Å²) in [6.45, 7) is 2.85. The molecule has 1 saturated heterocycles. The molecule has 1 aromatic carbocycles. The molecule has 0 radical (unpaired) electrons. The second kappa shape index (κ2) is 6.67. The molecule has 0 N–H and O–H groups in total. The number of fused-ring (bicyclic) bond motifs is 1. The van der Waals surface area contributed by atoms with Crippen molar-refractivity contribution < 1.29 is 4.39 Å². The molecule has 6 nitrogen and oxygen atoms in total. The van der Waals surface area contributed by atoms with E-state index in [1.165, 1.54) is 12.1 Å². The lowest BCUT2D eigenvalue weighted by Gasteiger charge is -2.23. The van der Waals surface area contributed by atoms with E-state index in [0.717, 1.165) is 53.2 Å². The van der Waals surface area contributed by atoms with Crippen LogP contribution in [0.2, 0.25) is 0 Å². The van der Waals surface area contributed by atoms with Gasteiger partial charge in [-0.2, -0.15) is 5.10 Å². The Balaban J connectivity index is 1.51. The van der Waals surface area contributed by atoms with Gasteiger partial charge >= 0.3 is 0 Å². The molecule has 140 valence electrons. The molecule has 0 aliphatic carbocycles. The molecule has 1 aliphatic heterocycles. The average molecular weight is 374 g/mol. The van der Waals surface area contributed by atoms with Crippen molar-refractivity contribution >= 4 is 11.3 Å². The fraction of sp³-hybridized carbons (Fsp3) is 0.238. The number of benzene rings is 1. The first-order valence-electron chi connectivity index (χ1n) is 9.37. The number of pyridine rings is 1. The maximum absolute atomic E-state index is 13.6. The highest BCUT2D eigenvalue weighted by atomic mass is 19.1. The van der Waals surface area contributed by atoms with Crippen molar-refractivity contribution in [3.63, 3.8) is 0 Å². The normalized spacial score (nSPS) is 16.8. The van der Waals surface area contributed by atoms with Crippen molar-refractivity contribution in [2.75, 3.05) is 11.4 Å². The Morgan fingerprint density at radius 3 is 2.75 bits per heavy atom. The minimum atomic E-state index is -0.252. The Bertz CT molecular complexity index is 1140. The minimum absolute atomic E-state index is 0.120. The SMILES string of the molecule is Cc1ccc(N2CCC[C@@H]2c2nnn3cc(-c4cccc(F)c4)ccc23)nn1. The van der Waals surface area contributed by atoms with E-state index in [0.29, 0.717) is 0 Å². The zero-order chi connectivity index (χ0) is 19.1. The van der Waals surface area contributed by atoms with Crippen molar-refractivity contribution in [1.29, 1.82) is 0 Å². The van der Waals surface area contributed by atoms with Gasteiger partial charge in [0.15, 0.2) is 5.82 Å². The van der Waals surface area contributed by atoms with Gasteiger partial charge in [-0.3, -0.25) is 0 Å². The van der Waals surface area contributed by atoms with Gasteiger partial charge in [0.2, 0.25) is 0 Å². The highest BCUT2D eigenvalue weighted by molar-refractivity contribution is 5.66. The molecule has 1 fully saturated rings. The van der Waals surface area contributed by atoms with Crippen LogP contribution >= 0.6 is 0 Å². The van der Waals surface area contributed by atoms with Crippen LogP contribution in [0.5, 0.6) is 0 Å². The number of anilines is 1. The van der Waals surface area contributed by atoms with Gasteiger partial charge in [0.1, 0.15) is 11.5 Å². The molecule has 0 bridgehead atoms. The van der Waals surface area contributed by atoms with E-state index in [4.69, 9.17) is 0 Å². The summed E-state index contributed by atoms with van der Waals surface area (Å²) < 4.78 is 15.3. The van der Waals surface area contributed by atoms with Crippen LogP contribution in [0, 0.1) is 12.7 Å². The summed E-state index contributed by atoms with van der Waals surface area (Å²) in [5.74, 6) is 0.614. The topological polar surface area (TPSA) is 59.2 Å². The first kappa shape index (κ1) is 16.8. The van der Waals surface area contributed by atoms with Gasteiger partial charge in [-0.25, -0.2) is 8.91 Å². The largest absolute Gasteiger partial charge is 0.346 e. The molecule has 5 rings (SSSR count). The molecule has 28 heavy (non-hydrogen) atoms. The summed E-state index contributed by atoms with van der Waals surface area (Å²) in [6, 6.07) is 14.7. The third-order valence-electron chi connectivity index (χ3n) is 5.24. The van der Waals surface area contributed by atoms with E-state index >= 15 is 0 Å². The Labute approximate surface area is 161 Å². The van der Waals surface area contributed by atoms with E-state index in [2.05, 4.69) is 25.4 Å². The number of aromatic nitrogens is 5. The lowest BCUT2D eigenvalue weighted by Crippen LogP contribution is -2.24. The highest BCUT2D eigenvalue weighted by Gasteiger charge is 2.31. The van der Waals surface area contributed by atoms with Gasteiger partial charge in [0, 0.05) is 18.3 Å². The lowest BCUT2D eigenvalue weighted by atomic mass is 10.1. The van der Waals surface area contributed by atoms with E-state index in [-0.39, 0.29) is 11.9 Å². The van der Waals surface area contributed by atoms with E-state index in [1.54, 1.807) is 10.6 Å². The third-order valence-corrected chi connectivity index (χ3v) is 5.24. The summed E-state index contributed by atoms with van der Waals surface area (Å²) in [5, 5.41) is 17.3. The Morgan fingerprint density at radius 1 is 1.00 bits per heavy atom. The number of halogens is 1. The van der Waals surface area contributed by atoms with Crippen LogP contribution in [0.15, 0.2) is 54.7 Å². The van der Waals surface area contributed by atoms with Gasteiger partial charge in [0.05, 0.1) is 17.3 Å². The minimum Gasteiger partial charge on any atom is -0.346 e. The molecule has 1 atom stereocenters. The Kier molecular flexibility index (Phi) is 4.00. The average Bonchev–Trinajstić information content (AvgIpc) is 3.34. The summed E-state index contributed by atoms with van der Waals surface area (Å²) in [4.78, 5) is 2.25. The molecule has 0 unspecified atom stereocenters. The van der Waals surface area contributed by atoms with Crippen molar-refractivity contribution in [1.82, 2.24) is 25.0 Å². The predicted octanol–water partition coefficient (Wildman–Crippen LogP) is 3.98. The molecule has 7 heteroatoms. The van der Waals surface area contributed by atoms with E-state index < -0.39 is 0 Å². The van der Waals surface area contributed by atoms with Crippen LogP contribution in [0.3, 0.4) is 0 Å². The number of nitrogens with zero attached hydrogens (tertiary/aromatic N) is 6. The summed E-state index contributed by atoms with van der Waals surface area (Å²) in [7, 11) is 0. The first-order valence-corrected chi connectivity index (χ1v) is 9.37. The van der Waals surface area contributed by atoms with Gasteiger partial charge < -0.3 is 4.90 Å². The van der Waals surface area contributed by atoms with Crippen molar-refractivity contribution in [2.24, 2.45) is 0 Å². The van der Waals surface area contributed by atoms with Crippen LogP contribution in [0.4, 0.5) is 10.2 Å². The molecule has 0 spiro atoms. The summed E-state index contributed by atoms with van der Waals surface area (Å²) in [6.07, 6.45) is 3.96. The van der Waals surface area contributed by atoms with Crippen LogP contribution in [-0.4, -0.2) is 31.6 Å². The van der Waals surface area contributed by atoms with Crippen molar-refractivity contribution in [3.05, 3.63) is 71.9 Å². The maximum atomic E-state index is 13.6. The number of rotatable bonds is 3. The molecule has 4 aromatic rings. The van der Waals surface area contributed by atoms with Crippen LogP contribution < -0.4 is 4.90 Å². The second-order valence-electron chi connectivity index (χ2n) is 7.12. The smallest absolute Gasteiger partial charge is 0.151 e. The molecular formula is C21H19FN6. The van der Waals surface area contributed by atoms with E-state index in [9.17, 15) is 4.39 Å². The van der Waals surface area contributed by atoms with Gasteiger partial charge in [-0.1, -0.05) is 23.4 Å². The number of hydrogen-bond donors (Lipinski definition) is 0. The first-order chi connectivity index (χ1) is 13.7. The van der Waals surface area contributed by atoms with Crippen LogP contribution in [-0.2, 0) is 0 Å². The fourth-order valence-electron chi connectivity index (χ4n) is 3.86. The number of aryl methyl sites for hydroxylation is 1. The quantitative estimate of drug-likeness (QED) is 0.543. The maximum Gasteiger partial charge on any atom is 0.151 e. The molecule has 3 aromatic heterocycles. The van der Waals surface area contributed by atoms with Gasteiger partial charge in [0.25, 0.3) is 0 Å². The van der Waals surface area contributed by atoms with Crippen LogP contribution in [0.1, 0.15) is 30.3 Å². The molecule has 1 aliphatic rings. The van der Waals surface area contributed by atoms with Gasteiger partial charge in [-0.05, 0) is 55.7 Å². The predicted molar refractivity (Wildman–Crippen MR) is 104 cm³/mol. The van der Waals surface area contributed by atoms with Crippen LogP contribution in [0.25, 0.3) is 16.6 Å². The third kappa shape index (κ3) is 2.89. The second-order valence-corrected chi connectivity index (χ2v) is 7.12. The monoisotopic (exact) mass is 374 g/mol. The molecule has 4 heterocycles. The molecule has 0 amide bonds. The van der Waals surface area contributed by atoms with Gasteiger partial charge in [-0.15, -0.1) is 10.2 Å². The standard InChI is InChI=1S/C21H19FN6/c1-14-7-10-20(24-23-14)27-11-3-6-18(27)21-19-9-8-16(13-28(19)26-25-21)15-4-2-5-17(22)12-15/h2,4-5,7-10,12-13,18H,3,6,11H2,1H3/t18-/m1/s1. The zero-order valence-corrected chi connectivity index (χ0v) is 15.5. The van der Waals surface area contributed by atoms with E-state index in [1.807, 2.05) is 43.5 Å². The molecule has 0 saturated carbocycles. The fourth-order valence-corrected chi connectivity index (χ4v) is 3.86. The highest BCUT2D eigenvalue weighted by Crippen LogP contribution is 2.36. The summed E-state index contributed by atoms with van der Waals surface area (Å²) >= 11 is 0. The number of hydrogen-bond acceptors (Lipinski definition) is 5. The van der Waals surface area contributed by atoms with Crippen molar-refractivity contribution in [3.8, 4) is 11.1 Å². The Morgan fingerprint density at radius 2 is 1.93 bits per heavy atom. The zero-order valence-electron chi connectivity index (χ0n) is 15.5. The lowest BCUT2D eigenvalue weighted by molar-refractivity contribution is 0.628. The molecular weight excluding hydrogens is 355 g/mol. The Hall–Kier alpha value is -3.35. The summed E-state index contributed by atoms with van der Waals surface area (Å²) in [5.41, 5.74) is 4.51. The van der Waals surface area contributed by atoms with Crippen molar-refractivity contribution in [2.45, 2.75) is 25.8 Å².